The van der Waals surface area contributed by atoms with Gasteiger partial charge >= 0.3 is 0 Å². The molecule has 0 saturated carbocycles. The van der Waals surface area contributed by atoms with Crippen LogP contribution in [0.15, 0.2) is 18.2 Å². The molecule has 2 rings (SSSR count). The van der Waals surface area contributed by atoms with Gasteiger partial charge in [-0.1, -0.05) is 13.8 Å². The van der Waals surface area contributed by atoms with Gasteiger partial charge in [-0.25, -0.2) is 0 Å². The molecule has 0 spiro atoms. The summed E-state index contributed by atoms with van der Waals surface area (Å²) < 4.78 is 0. The molecule has 0 atom stereocenters. The molecule has 0 radical (unpaired) electrons. The molecule has 0 unspecified atom stereocenters. The zero-order valence-corrected chi connectivity index (χ0v) is 9.11. The summed E-state index contributed by atoms with van der Waals surface area (Å²) in [6.07, 6.45) is 0.524. The van der Waals surface area contributed by atoms with Crippen molar-refractivity contribution < 1.29 is 9.72 Å². The SMILES string of the molecule is CC1(C)Cc2cc([N+](=O)[O-])ccc2NC1=O. The molecule has 1 aliphatic heterocycles. The number of nitrogens with one attached hydrogen (secondary N) is 1. The summed E-state index contributed by atoms with van der Waals surface area (Å²) in [5.74, 6) is -0.0474. The molecule has 0 aromatic heterocycles. The van der Waals surface area contributed by atoms with E-state index in [1.54, 1.807) is 6.07 Å². The Morgan fingerprint density at radius 1 is 1.44 bits per heavy atom. The minimum atomic E-state index is -0.512. The van der Waals surface area contributed by atoms with Gasteiger partial charge < -0.3 is 5.32 Å². The molecular weight excluding hydrogens is 208 g/mol. The zero-order chi connectivity index (χ0) is 11.9. The third kappa shape index (κ3) is 1.64. The van der Waals surface area contributed by atoms with Crippen LogP contribution in [0.5, 0.6) is 0 Å². The maximum Gasteiger partial charge on any atom is 0.269 e. The van der Waals surface area contributed by atoms with Crippen LogP contribution in [0.3, 0.4) is 0 Å². The van der Waals surface area contributed by atoms with Crippen LogP contribution >= 0.6 is 0 Å². The van der Waals surface area contributed by atoms with Crippen molar-refractivity contribution in [2.45, 2.75) is 20.3 Å². The number of hydrogen-bond acceptors (Lipinski definition) is 3. The summed E-state index contributed by atoms with van der Waals surface area (Å²) in [7, 11) is 0. The third-order valence-corrected chi connectivity index (χ3v) is 2.79. The number of nitro groups is 1. The highest BCUT2D eigenvalue weighted by Crippen LogP contribution is 2.34. The smallest absolute Gasteiger partial charge is 0.269 e. The lowest BCUT2D eigenvalue weighted by Gasteiger charge is -2.30. The van der Waals surface area contributed by atoms with Gasteiger partial charge in [-0.15, -0.1) is 0 Å². The van der Waals surface area contributed by atoms with Crippen LogP contribution in [0.1, 0.15) is 19.4 Å². The van der Waals surface area contributed by atoms with E-state index in [9.17, 15) is 14.9 Å². The van der Waals surface area contributed by atoms with Crippen molar-refractivity contribution in [3.8, 4) is 0 Å². The van der Waals surface area contributed by atoms with Crippen LogP contribution in [0.2, 0.25) is 0 Å². The summed E-state index contributed by atoms with van der Waals surface area (Å²) in [4.78, 5) is 21.9. The van der Waals surface area contributed by atoms with Gasteiger partial charge in [0.05, 0.1) is 4.92 Å². The van der Waals surface area contributed by atoms with Gasteiger partial charge in [0.25, 0.3) is 5.69 Å². The number of benzene rings is 1. The number of rotatable bonds is 1. The van der Waals surface area contributed by atoms with E-state index in [2.05, 4.69) is 5.32 Å². The summed E-state index contributed by atoms with van der Waals surface area (Å²) >= 11 is 0. The molecule has 0 aliphatic carbocycles. The Balaban J connectivity index is 2.45. The molecule has 1 N–H and O–H groups in total. The van der Waals surface area contributed by atoms with Crippen LogP contribution < -0.4 is 5.32 Å². The number of non-ortho nitro benzene ring substituents is 1. The van der Waals surface area contributed by atoms with E-state index in [0.717, 1.165) is 5.56 Å². The Labute approximate surface area is 92.6 Å². The van der Waals surface area contributed by atoms with Crippen molar-refractivity contribution in [2.75, 3.05) is 5.32 Å². The lowest BCUT2D eigenvalue weighted by atomic mass is 9.81. The largest absolute Gasteiger partial charge is 0.325 e. The minimum absolute atomic E-state index is 0.0474. The summed E-state index contributed by atoms with van der Waals surface area (Å²) in [6, 6.07) is 4.51. The molecule has 0 saturated heterocycles. The number of hydrogen-bond donors (Lipinski definition) is 1. The fraction of sp³-hybridized carbons (Fsp3) is 0.364. The molecule has 0 fully saturated rings. The molecule has 1 aromatic rings. The van der Waals surface area contributed by atoms with Gasteiger partial charge in [0.2, 0.25) is 5.91 Å². The number of anilines is 1. The van der Waals surface area contributed by atoms with E-state index < -0.39 is 10.3 Å². The topological polar surface area (TPSA) is 72.2 Å². The standard InChI is InChI=1S/C11H12N2O3/c1-11(2)6-7-5-8(13(15)16)3-4-9(7)12-10(11)14/h3-5H,6H2,1-2H3,(H,12,14). The first-order valence-electron chi connectivity index (χ1n) is 4.99. The molecule has 1 heterocycles. The number of nitro benzene ring substituents is 1. The molecule has 5 nitrogen and oxygen atoms in total. The number of nitrogens with zero attached hydrogens (tertiary/aromatic N) is 1. The van der Waals surface area contributed by atoms with Gasteiger partial charge in [0.1, 0.15) is 0 Å². The number of fused-ring (bicyclic) bond motifs is 1. The summed E-state index contributed by atoms with van der Waals surface area (Å²) in [6.45, 7) is 3.65. The Kier molecular flexibility index (Phi) is 2.18. The first-order chi connectivity index (χ1) is 7.40. The fourth-order valence-electron chi connectivity index (χ4n) is 1.81. The molecular formula is C11H12N2O3. The third-order valence-electron chi connectivity index (χ3n) is 2.79. The molecule has 84 valence electrons. The lowest BCUT2D eigenvalue weighted by Crippen LogP contribution is -2.37. The van der Waals surface area contributed by atoms with Crippen molar-refractivity contribution >= 4 is 17.3 Å². The van der Waals surface area contributed by atoms with Crippen LogP contribution in [-0.4, -0.2) is 10.8 Å². The van der Waals surface area contributed by atoms with E-state index in [1.165, 1.54) is 12.1 Å². The second-order valence-corrected chi connectivity index (χ2v) is 4.61. The maximum atomic E-state index is 11.7. The molecule has 16 heavy (non-hydrogen) atoms. The van der Waals surface area contributed by atoms with E-state index >= 15 is 0 Å². The molecule has 1 amide bonds. The van der Waals surface area contributed by atoms with Crippen molar-refractivity contribution in [3.05, 3.63) is 33.9 Å². The molecule has 5 heteroatoms. The Hall–Kier alpha value is -1.91. The van der Waals surface area contributed by atoms with E-state index in [4.69, 9.17) is 0 Å². The monoisotopic (exact) mass is 220 g/mol. The van der Waals surface area contributed by atoms with Crippen LogP contribution in [0, 0.1) is 15.5 Å². The van der Waals surface area contributed by atoms with E-state index in [1.807, 2.05) is 13.8 Å². The van der Waals surface area contributed by atoms with Gasteiger partial charge in [-0.2, -0.15) is 0 Å². The summed E-state index contributed by atoms with van der Waals surface area (Å²) in [5.41, 5.74) is 1.04. The van der Waals surface area contributed by atoms with Crippen LogP contribution in [-0.2, 0) is 11.2 Å². The number of carbonyl (C=O) groups is 1. The van der Waals surface area contributed by atoms with Crippen molar-refractivity contribution in [2.24, 2.45) is 5.41 Å². The Morgan fingerprint density at radius 2 is 2.12 bits per heavy atom. The van der Waals surface area contributed by atoms with E-state index in [-0.39, 0.29) is 11.6 Å². The molecule has 1 aromatic carbocycles. The zero-order valence-electron chi connectivity index (χ0n) is 9.11. The fourth-order valence-corrected chi connectivity index (χ4v) is 1.81. The first kappa shape index (κ1) is 10.6. The maximum absolute atomic E-state index is 11.7. The number of carbonyl (C=O) groups excluding carboxylic acids is 1. The highest BCUT2D eigenvalue weighted by atomic mass is 16.6. The van der Waals surface area contributed by atoms with Crippen molar-refractivity contribution in [3.63, 3.8) is 0 Å². The Bertz CT molecular complexity index is 480. The second-order valence-electron chi connectivity index (χ2n) is 4.61. The normalized spacial score (nSPS) is 17.5. The van der Waals surface area contributed by atoms with Gasteiger partial charge in [-0.3, -0.25) is 14.9 Å². The first-order valence-corrected chi connectivity index (χ1v) is 4.99. The highest BCUT2D eigenvalue weighted by Gasteiger charge is 2.34. The van der Waals surface area contributed by atoms with Gasteiger partial charge in [-0.05, 0) is 18.1 Å². The van der Waals surface area contributed by atoms with E-state index in [0.29, 0.717) is 12.1 Å². The van der Waals surface area contributed by atoms with Gasteiger partial charge in [0.15, 0.2) is 0 Å². The average molecular weight is 220 g/mol. The van der Waals surface area contributed by atoms with Crippen LogP contribution in [0.25, 0.3) is 0 Å². The van der Waals surface area contributed by atoms with Gasteiger partial charge in [0, 0.05) is 23.2 Å². The summed E-state index contributed by atoms with van der Waals surface area (Å²) in [5, 5.41) is 13.4. The average Bonchev–Trinajstić information content (AvgIpc) is 2.18. The minimum Gasteiger partial charge on any atom is -0.325 e. The predicted octanol–water partition coefficient (Wildman–Crippen LogP) is 2.12. The Morgan fingerprint density at radius 3 is 2.75 bits per heavy atom. The van der Waals surface area contributed by atoms with Crippen LogP contribution in [0.4, 0.5) is 11.4 Å². The van der Waals surface area contributed by atoms with Crippen molar-refractivity contribution in [1.29, 1.82) is 0 Å². The predicted molar refractivity (Wildman–Crippen MR) is 59.2 cm³/mol. The quantitative estimate of drug-likeness (QED) is 0.582. The second kappa shape index (κ2) is 3.30. The molecule has 1 aliphatic rings. The van der Waals surface area contributed by atoms with Crippen molar-refractivity contribution in [1.82, 2.24) is 0 Å². The lowest BCUT2D eigenvalue weighted by molar-refractivity contribution is -0.384. The molecule has 0 bridgehead atoms. The number of amides is 1. The highest BCUT2D eigenvalue weighted by molar-refractivity contribution is 5.98.